The van der Waals surface area contributed by atoms with Crippen LogP contribution in [0, 0.1) is 5.92 Å². The van der Waals surface area contributed by atoms with Gasteiger partial charge in [-0.1, -0.05) is 6.92 Å². The molecule has 2 fully saturated rings. The highest BCUT2D eigenvalue weighted by Gasteiger charge is 2.46. The van der Waals surface area contributed by atoms with Crippen molar-refractivity contribution in [3.63, 3.8) is 0 Å². The van der Waals surface area contributed by atoms with E-state index in [-0.39, 0.29) is 24.8 Å². The molecule has 3 heterocycles. The number of hydrogen-bond donors (Lipinski definition) is 4. The van der Waals surface area contributed by atoms with Crippen LogP contribution in [0.1, 0.15) is 19.8 Å². The number of nitrogens with zero attached hydrogens (tertiary/aromatic N) is 1. The molecule has 7 nitrogen and oxygen atoms in total. The molecule has 0 bridgehead atoms. The van der Waals surface area contributed by atoms with E-state index in [0.717, 1.165) is 31.6 Å². The van der Waals surface area contributed by atoms with Crippen molar-refractivity contribution in [1.29, 1.82) is 0 Å². The van der Waals surface area contributed by atoms with E-state index in [2.05, 4.69) is 22.5 Å². The lowest BCUT2D eigenvalue weighted by Crippen LogP contribution is -2.53. The zero-order valence-corrected chi connectivity index (χ0v) is 15.2. The molecule has 2 saturated heterocycles. The Kier molecular flexibility index (Phi) is 6.29. The quantitative estimate of drug-likeness (QED) is 0.623. The molecule has 0 spiro atoms. The first-order valence-corrected chi connectivity index (χ1v) is 9.78. The zero-order valence-electron chi connectivity index (χ0n) is 14.4. The minimum absolute atomic E-state index is 0.203. The highest BCUT2D eigenvalue weighted by molar-refractivity contribution is 7.08. The van der Waals surface area contributed by atoms with Crippen molar-refractivity contribution in [2.45, 2.75) is 44.1 Å². The molecule has 0 radical (unpaired) electrons. The van der Waals surface area contributed by atoms with Crippen LogP contribution in [-0.2, 0) is 4.74 Å². The normalized spacial score (nSPS) is 31.2. The summed E-state index contributed by atoms with van der Waals surface area (Å²) in [5.41, 5.74) is 0.754. The van der Waals surface area contributed by atoms with Gasteiger partial charge in [-0.3, -0.25) is 4.90 Å². The molecule has 8 heteroatoms. The summed E-state index contributed by atoms with van der Waals surface area (Å²) in [6.07, 6.45) is 0.493. The van der Waals surface area contributed by atoms with Crippen LogP contribution in [0.3, 0.4) is 0 Å². The highest BCUT2D eigenvalue weighted by Crippen LogP contribution is 2.29. The largest absolute Gasteiger partial charge is 0.394 e. The van der Waals surface area contributed by atoms with E-state index >= 15 is 0 Å². The van der Waals surface area contributed by atoms with E-state index in [1.165, 1.54) is 11.3 Å². The van der Waals surface area contributed by atoms with E-state index < -0.39 is 12.2 Å². The minimum Gasteiger partial charge on any atom is -0.394 e. The van der Waals surface area contributed by atoms with Crippen molar-refractivity contribution < 1.29 is 19.7 Å². The predicted molar refractivity (Wildman–Crippen MR) is 96.9 cm³/mol. The van der Waals surface area contributed by atoms with Gasteiger partial charge in [0.2, 0.25) is 0 Å². The number of urea groups is 1. The van der Waals surface area contributed by atoms with Crippen molar-refractivity contribution in [2.24, 2.45) is 5.92 Å². The fourth-order valence-corrected chi connectivity index (χ4v) is 4.22. The van der Waals surface area contributed by atoms with Crippen LogP contribution in [0.4, 0.5) is 10.5 Å². The molecule has 0 aliphatic carbocycles. The number of anilines is 1. The molecule has 25 heavy (non-hydrogen) atoms. The van der Waals surface area contributed by atoms with Crippen molar-refractivity contribution in [3.05, 3.63) is 16.8 Å². The second-order valence-corrected chi connectivity index (χ2v) is 7.72. The van der Waals surface area contributed by atoms with Gasteiger partial charge in [0.1, 0.15) is 12.2 Å². The van der Waals surface area contributed by atoms with E-state index in [9.17, 15) is 15.0 Å². The third-order valence-electron chi connectivity index (χ3n) is 5.12. The zero-order chi connectivity index (χ0) is 17.8. The second-order valence-electron chi connectivity index (χ2n) is 6.94. The molecule has 2 aliphatic heterocycles. The molecule has 2 amide bonds. The summed E-state index contributed by atoms with van der Waals surface area (Å²) in [5, 5.41) is 29.3. The number of aliphatic hydroxyl groups is 2. The van der Waals surface area contributed by atoms with Gasteiger partial charge in [-0.2, -0.15) is 11.3 Å². The first-order valence-electron chi connectivity index (χ1n) is 8.84. The van der Waals surface area contributed by atoms with Crippen molar-refractivity contribution in [3.8, 4) is 0 Å². The van der Waals surface area contributed by atoms with E-state index in [4.69, 9.17) is 4.74 Å². The number of carbonyl (C=O) groups excluding carboxylic acids is 1. The number of carbonyl (C=O) groups is 1. The fraction of sp³-hybridized carbons (Fsp3) is 0.706. The Labute approximate surface area is 152 Å². The number of likely N-dealkylation sites (tertiary alicyclic amines) is 1. The summed E-state index contributed by atoms with van der Waals surface area (Å²) in [5.74, 6) is 0.692. The Hall–Kier alpha value is -1.19. The number of piperidine rings is 1. The van der Waals surface area contributed by atoms with E-state index in [1.807, 2.05) is 16.8 Å². The maximum atomic E-state index is 12.0. The van der Waals surface area contributed by atoms with Gasteiger partial charge in [0.25, 0.3) is 0 Å². The summed E-state index contributed by atoms with van der Waals surface area (Å²) in [6, 6.07) is 1.33. The maximum absolute atomic E-state index is 12.0. The lowest BCUT2D eigenvalue weighted by Gasteiger charge is -2.38. The molecule has 1 aromatic rings. The molecule has 3 rings (SSSR count). The van der Waals surface area contributed by atoms with Crippen LogP contribution >= 0.6 is 11.3 Å². The summed E-state index contributed by atoms with van der Waals surface area (Å²) in [6.45, 7) is 4.12. The number of aliphatic hydroxyl groups excluding tert-OH is 2. The minimum atomic E-state index is -0.745. The predicted octanol–water partition coefficient (Wildman–Crippen LogP) is 1.09. The number of ether oxygens (including phenoxy) is 1. The van der Waals surface area contributed by atoms with Crippen molar-refractivity contribution in [1.82, 2.24) is 10.2 Å². The SMILES string of the molecule is CC1CCN([C@H]2[C@H](O)[C@H](CO)O[C@@H]2CNC(=O)Nc2ccsc2)CC1. The van der Waals surface area contributed by atoms with Crippen LogP contribution in [-0.4, -0.2) is 71.7 Å². The standard InChI is InChI=1S/C17H27N3O4S/c1-11-2-5-20(6-3-11)15-13(24-14(9-21)16(15)22)8-18-17(23)19-12-4-7-25-10-12/h4,7,10-11,13-16,21-22H,2-3,5-6,8-9H2,1H3,(H2,18,19,23)/t13-,14+,15-,16-/m1/s1. The average molecular weight is 369 g/mol. The first kappa shape index (κ1) is 18.6. The molecule has 0 aromatic carbocycles. The summed E-state index contributed by atoms with van der Waals surface area (Å²) < 4.78 is 5.82. The maximum Gasteiger partial charge on any atom is 0.319 e. The lowest BCUT2D eigenvalue weighted by molar-refractivity contribution is -0.0205. The Morgan fingerprint density at radius 1 is 1.40 bits per heavy atom. The summed E-state index contributed by atoms with van der Waals surface area (Å²) >= 11 is 1.51. The highest BCUT2D eigenvalue weighted by atomic mass is 32.1. The van der Waals surface area contributed by atoms with Gasteiger partial charge in [0.05, 0.1) is 24.4 Å². The number of nitrogens with one attached hydrogen (secondary N) is 2. The molecule has 0 unspecified atom stereocenters. The van der Waals surface area contributed by atoms with Crippen LogP contribution < -0.4 is 10.6 Å². The van der Waals surface area contributed by atoms with Crippen molar-refractivity contribution in [2.75, 3.05) is 31.6 Å². The summed E-state index contributed by atoms with van der Waals surface area (Å²) in [7, 11) is 0. The molecule has 140 valence electrons. The van der Waals surface area contributed by atoms with Crippen LogP contribution in [0.25, 0.3) is 0 Å². The van der Waals surface area contributed by atoms with Gasteiger partial charge < -0.3 is 25.6 Å². The number of amides is 2. The Balaban J connectivity index is 1.58. The third-order valence-corrected chi connectivity index (χ3v) is 5.81. The lowest BCUT2D eigenvalue weighted by atomic mass is 9.94. The van der Waals surface area contributed by atoms with Crippen LogP contribution in [0.2, 0.25) is 0 Å². The smallest absolute Gasteiger partial charge is 0.319 e. The van der Waals surface area contributed by atoms with Gasteiger partial charge in [-0.15, -0.1) is 0 Å². The summed E-state index contributed by atoms with van der Waals surface area (Å²) in [4.78, 5) is 14.3. The Morgan fingerprint density at radius 2 is 2.16 bits per heavy atom. The monoisotopic (exact) mass is 369 g/mol. The number of hydrogen-bond acceptors (Lipinski definition) is 6. The van der Waals surface area contributed by atoms with Gasteiger partial charge in [-0.25, -0.2) is 4.79 Å². The van der Waals surface area contributed by atoms with Gasteiger partial charge in [-0.05, 0) is 43.3 Å². The third kappa shape index (κ3) is 4.51. The molecule has 2 aliphatic rings. The molecule has 4 N–H and O–H groups in total. The average Bonchev–Trinajstić information content (AvgIpc) is 3.21. The molecular formula is C17H27N3O4S. The van der Waals surface area contributed by atoms with E-state index in [0.29, 0.717) is 12.5 Å². The Bertz CT molecular complexity index is 548. The number of thiophene rings is 1. The number of rotatable bonds is 5. The first-order chi connectivity index (χ1) is 12.1. The Morgan fingerprint density at radius 3 is 2.80 bits per heavy atom. The van der Waals surface area contributed by atoms with Crippen LogP contribution in [0.5, 0.6) is 0 Å². The van der Waals surface area contributed by atoms with E-state index in [1.54, 1.807) is 0 Å². The molecule has 4 atom stereocenters. The fourth-order valence-electron chi connectivity index (χ4n) is 3.63. The topological polar surface area (TPSA) is 94.1 Å². The van der Waals surface area contributed by atoms with Gasteiger partial charge >= 0.3 is 6.03 Å². The van der Waals surface area contributed by atoms with Gasteiger partial charge in [0.15, 0.2) is 0 Å². The second kappa shape index (κ2) is 8.46. The van der Waals surface area contributed by atoms with Gasteiger partial charge in [0, 0.05) is 11.9 Å². The van der Waals surface area contributed by atoms with Crippen LogP contribution in [0.15, 0.2) is 16.8 Å². The molecular weight excluding hydrogens is 342 g/mol. The molecule has 1 aromatic heterocycles. The van der Waals surface area contributed by atoms with Crippen molar-refractivity contribution >= 4 is 23.1 Å². The molecule has 0 saturated carbocycles.